The molecule has 0 aliphatic heterocycles. The summed E-state index contributed by atoms with van der Waals surface area (Å²) in [6, 6.07) is 0. The van der Waals surface area contributed by atoms with Crippen molar-refractivity contribution in [2.24, 2.45) is 0 Å². The summed E-state index contributed by atoms with van der Waals surface area (Å²) in [4.78, 5) is 25.7. The van der Waals surface area contributed by atoms with E-state index in [4.69, 9.17) is 8.85 Å². The van der Waals surface area contributed by atoms with Crippen LogP contribution in [-0.2, 0) is 18.4 Å². The molecule has 0 radical (unpaired) electrons. The van der Waals surface area contributed by atoms with Crippen LogP contribution >= 0.6 is 0 Å². The maximum Gasteiger partial charge on any atom is 0.469 e. The molecule has 0 aliphatic rings. The van der Waals surface area contributed by atoms with E-state index in [9.17, 15) is 9.59 Å². The summed E-state index contributed by atoms with van der Waals surface area (Å²) in [6.45, 7) is 12.7. The number of carbonyl (C=O) groups excluding carboxylic acids is 2. The predicted octanol–water partition coefficient (Wildman–Crippen LogP) is 13.3. The van der Waals surface area contributed by atoms with Crippen molar-refractivity contribution in [1.29, 1.82) is 0 Å². The predicted molar refractivity (Wildman–Crippen MR) is 189 cm³/mol. The van der Waals surface area contributed by atoms with E-state index in [2.05, 4.69) is 13.8 Å². The van der Waals surface area contributed by atoms with Crippen LogP contribution in [0.2, 0.25) is 11.1 Å². The Balaban J connectivity index is 4.10. The number of hydrogen-bond donors (Lipinski definition) is 0. The van der Waals surface area contributed by atoms with E-state index < -0.39 is 8.56 Å². The Bertz CT molecular complexity index is 579. The number of carbonyl (C=O) groups is 2. The van der Waals surface area contributed by atoms with Gasteiger partial charge in [0.25, 0.3) is 11.9 Å². The monoisotopic (exact) mass is 625 g/mol. The lowest BCUT2D eigenvalue weighted by Gasteiger charge is -2.35. The maximum absolute atomic E-state index is 12.9. The van der Waals surface area contributed by atoms with Gasteiger partial charge in [0, 0.05) is 23.9 Å². The van der Waals surface area contributed by atoms with Crippen LogP contribution in [0.5, 0.6) is 0 Å². The molecule has 43 heavy (non-hydrogen) atoms. The molecule has 0 aromatic carbocycles. The summed E-state index contributed by atoms with van der Waals surface area (Å²) >= 11 is 0. The van der Waals surface area contributed by atoms with Gasteiger partial charge >= 0.3 is 8.56 Å². The van der Waals surface area contributed by atoms with Crippen molar-refractivity contribution >= 4 is 20.5 Å². The lowest BCUT2D eigenvalue weighted by Crippen LogP contribution is -2.51. The third-order valence-electron chi connectivity index (χ3n) is 9.13. The molecule has 0 atom stereocenters. The molecule has 0 amide bonds. The molecule has 0 aromatic heterocycles. The number of rotatable bonds is 32. The van der Waals surface area contributed by atoms with Crippen LogP contribution in [0.25, 0.3) is 0 Å². The van der Waals surface area contributed by atoms with E-state index in [0.717, 1.165) is 25.7 Å². The summed E-state index contributed by atoms with van der Waals surface area (Å²) in [5.74, 6) is -0.350. The zero-order chi connectivity index (χ0) is 32.0. The highest BCUT2D eigenvalue weighted by atomic mass is 28.4. The smallest absolute Gasteiger partial charge is 0.469 e. The standard InChI is InChI=1S/C38H76O4Si/c1-7-9-11-13-15-17-19-21-23-25-27-29-31-33-37(39)41-43(35(3)4,36(5)6)42-38(40)34-32-30-28-26-24-22-20-18-16-14-12-10-8-2/h35-36H,7-34H2,1-6H3. The Morgan fingerprint density at radius 2 is 0.605 bits per heavy atom. The molecule has 0 unspecified atom stereocenters. The van der Waals surface area contributed by atoms with E-state index in [1.165, 1.54) is 141 Å². The van der Waals surface area contributed by atoms with Gasteiger partial charge in [-0.1, -0.05) is 196 Å². The molecule has 0 rings (SSSR count). The first-order valence-electron chi connectivity index (χ1n) is 19.2. The molecule has 0 saturated heterocycles. The van der Waals surface area contributed by atoms with Gasteiger partial charge in [0.1, 0.15) is 0 Å². The summed E-state index contributed by atoms with van der Waals surface area (Å²) in [5.41, 5.74) is 0.0809. The van der Waals surface area contributed by atoms with Gasteiger partial charge in [-0.3, -0.25) is 9.59 Å². The lowest BCUT2D eigenvalue weighted by molar-refractivity contribution is -0.142. The fraction of sp³-hybridized carbons (Fsp3) is 0.947. The molecular formula is C38H76O4Si. The molecule has 256 valence electrons. The second kappa shape index (κ2) is 29.8. The Morgan fingerprint density at radius 1 is 0.395 bits per heavy atom. The minimum absolute atomic E-state index is 0.0405. The minimum Gasteiger partial charge on any atom is -0.484 e. The van der Waals surface area contributed by atoms with Gasteiger partial charge in [0.2, 0.25) is 0 Å². The lowest BCUT2D eigenvalue weighted by atomic mass is 10.0. The van der Waals surface area contributed by atoms with Gasteiger partial charge in [-0.05, 0) is 12.8 Å². The molecule has 0 N–H and O–H groups in total. The quantitative estimate of drug-likeness (QED) is 0.0552. The van der Waals surface area contributed by atoms with Gasteiger partial charge in [0.15, 0.2) is 0 Å². The third kappa shape index (κ3) is 24.1. The second-order valence-electron chi connectivity index (χ2n) is 14.0. The zero-order valence-corrected chi connectivity index (χ0v) is 31.1. The molecule has 0 heterocycles. The Labute approximate surface area is 270 Å². The van der Waals surface area contributed by atoms with Crippen LogP contribution in [0.1, 0.15) is 221 Å². The zero-order valence-electron chi connectivity index (χ0n) is 30.1. The van der Waals surface area contributed by atoms with Crippen LogP contribution in [0.3, 0.4) is 0 Å². The van der Waals surface area contributed by atoms with Crippen LogP contribution in [0.4, 0.5) is 0 Å². The SMILES string of the molecule is CCCCCCCCCCCCCCCC(=O)O[Si](OC(=O)CCCCCCCCCCCCCCC)(C(C)C)C(C)C. The maximum atomic E-state index is 12.9. The molecular weight excluding hydrogens is 549 g/mol. The number of unbranched alkanes of at least 4 members (excludes halogenated alkanes) is 24. The highest BCUT2D eigenvalue weighted by Gasteiger charge is 2.51. The van der Waals surface area contributed by atoms with Gasteiger partial charge in [-0.25, -0.2) is 0 Å². The largest absolute Gasteiger partial charge is 0.484 e. The van der Waals surface area contributed by atoms with Crippen molar-refractivity contribution in [3.8, 4) is 0 Å². The molecule has 0 bridgehead atoms. The fourth-order valence-electron chi connectivity index (χ4n) is 6.19. The topological polar surface area (TPSA) is 52.6 Å². The first-order chi connectivity index (χ1) is 20.8. The summed E-state index contributed by atoms with van der Waals surface area (Å²) in [5, 5.41) is 0. The Morgan fingerprint density at radius 3 is 0.814 bits per heavy atom. The Kier molecular flexibility index (Phi) is 29.3. The van der Waals surface area contributed by atoms with E-state index in [1.807, 2.05) is 27.7 Å². The van der Waals surface area contributed by atoms with E-state index in [1.54, 1.807) is 0 Å². The minimum atomic E-state index is -2.99. The summed E-state index contributed by atoms with van der Waals surface area (Å²) in [6.07, 6.45) is 34.3. The molecule has 5 heteroatoms. The molecule has 4 nitrogen and oxygen atoms in total. The average molecular weight is 625 g/mol. The average Bonchev–Trinajstić information content (AvgIpc) is 2.97. The highest BCUT2D eigenvalue weighted by Crippen LogP contribution is 2.35. The van der Waals surface area contributed by atoms with Gasteiger partial charge < -0.3 is 8.85 Å². The molecule has 0 aromatic rings. The first-order valence-corrected chi connectivity index (χ1v) is 21.2. The highest BCUT2D eigenvalue weighted by molar-refractivity contribution is 6.73. The van der Waals surface area contributed by atoms with E-state index >= 15 is 0 Å². The molecule has 0 saturated carbocycles. The van der Waals surface area contributed by atoms with Gasteiger partial charge in [0.05, 0.1) is 0 Å². The molecule has 0 spiro atoms. The van der Waals surface area contributed by atoms with Gasteiger partial charge in [-0.15, -0.1) is 0 Å². The van der Waals surface area contributed by atoms with Crippen molar-refractivity contribution < 1.29 is 18.4 Å². The third-order valence-corrected chi connectivity index (χ3v) is 13.4. The fourth-order valence-corrected chi connectivity index (χ4v) is 9.42. The van der Waals surface area contributed by atoms with Crippen molar-refractivity contribution in [3.05, 3.63) is 0 Å². The van der Waals surface area contributed by atoms with Crippen LogP contribution in [0, 0.1) is 0 Å². The second-order valence-corrected chi connectivity index (χ2v) is 18.1. The summed E-state index contributed by atoms with van der Waals surface area (Å²) in [7, 11) is -2.99. The first kappa shape index (κ1) is 42.2. The number of hydrogen-bond acceptors (Lipinski definition) is 4. The van der Waals surface area contributed by atoms with Crippen LogP contribution in [0.15, 0.2) is 0 Å². The summed E-state index contributed by atoms with van der Waals surface area (Å²) < 4.78 is 12.2. The van der Waals surface area contributed by atoms with Crippen molar-refractivity contribution in [2.45, 2.75) is 232 Å². The van der Waals surface area contributed by atoms with Crippen molar-refractivity contribution in [2.75, 3.05) is 0 Å². The van der Waals surface area contributed by atoms with Crippen molar-refractivity contribution in [3.63, 3.8) is 0 Å². The van der Waals surface area contributed by atoms with E-state index in [0.29, 0.717) is 12.8 Å². The van der Waals surface area contributed by atoms with Crippen molar-refractivity contribution in [1.82, 2.24) is 0 Å². The van der Waals surface area contributed by atoms with Gasteiger partial charge in [-0.2, -0.15) is 0 Å². The Hall–Kier alpha value is -0.843. The van der Waals surface area contributed by atoms with E-state index in [-0.39, 0.29) is 23.0 Å². The molecule has 0 aliphatic carbocycles. The molecule has 0 fully saturated rings. The van der Waals surface area contributed by atoms with Crippen LogP contribution in [-0.4, -0.2) is 20.5 Å². The normalized spacial score (nSPS) is 11.9. The van der Waals surface area contributed by atoms with Crippen LogP contribution < -0.4 is 0 Å².